The number of allylic oxidation sites excluding steroid dienone is 1. The molecule has 0 aliphatic rings. The largest absolute Gasteiger partial charge is 0.392 e. The van der Waals surface area contributed by atoms with Gasteiger partial charge in [0, 0.05) is 0 Å². The second-order valence-electron chi connectivity index (χ2n) is 3.28. The molecule has 0 bridgehead atoms. The van der Waals surface area contributed by atoms with E-state index in [0.29, 0.717) is 0 Å². The fourth-order valence-electron chi connectivity index (χ4n) is 1.41. The minimum absolute atomic E-state index is 0.0847. The van der Waals surface area contributed by atoms with Gasteiger partial charge in [0.05, 0.1) is 6.61 Å². The van der Waals surface area contributed by atoms with Crippen LogP contribution in [0.3, 0.4) is 0 Å². The van der Waals surface area contributed by atoms with Crippen LogP contribution in [0.15, 0.2) is 36.9 Å². The minimum atomic E-state index is 0.0847. The van der Waals surface area contributed by atoms with Crippen LogP contribution >= 0.6 is 0 Å². The van der Waals surface area contributed by atoms with Crippen molar-refractivity contribution in [3.05, 3.63) is 53.6 Å². The molecule has 14 heavy (non-hydrogen) atoms. The first-order valence-corrected chi connectivity index (χ1v) is 4.75. The van der Waals surface area contributed by atoms with E-state index in [0.717, 1.165) is 12.0 Å². The van der Waals surface area contributed by atoms with Gasteiger partial charge in [0.2, 0.25) is 0 Å². The molecule has 0 heterocycles. The maximum absolute atomic E-state index is 8.70. The van der Waals surface area contributed by atoms with Gasteiger partial charge >= 0.3 is 0 Å². The molecule has 1 N–H and O–H groups in total. The van der Waals surface area contributed by atoms with Crippen molar-refractivity contribution >= 4 is 6.08 Å². The maximum atomic E-state index is 8.70. The van der Waals surface area contributed by atoms with Crippen molar-refractivity contribution in [3.8, 4) is 0 Å². The summed E-state index contributed by atoms with van der Waals surface area (Å²) in [5.74, 6) is 0. The summed E-state index contributed by atoms with van der Waals surface area (Å²) in [5, 5.41) is 8.70. The average molecular weight is 188 g/mol. The average Bonchev–Trinajstić information content (AvgIpc) is 2.17. The number of benzene rings is 1. The third-order valence-electron chi connectivity index (χ3n) is 2.07. The first kappa shape index (κ1) is 10.7. The fourth-order valence-corrected chi connectivity index (χ4v) is 1.41. The van der Waals surface area contributed by atoms with E-state index >= 15 is 0 Å². The van der Waals surface area contributed by atoms with Gasteiger partial charge in [-0.3, -0.25) is 0 Å². The molecule has 0 saturated heterocycles. The van der Waals surface area contributed by atoms with Gasteiger partial charge in [-0.15, -0.1) is 6.58 Å². The normalized spacial score (nSPS) is 10.7. The van der Waals surface area contributed by atoms with E-state index in [4.69, 9.17) is 5.11 Å². The molecule has 0 radical (unpaired) electrons. The lowest BCUT2D eigenvalue weighted by atomic mass is 10.0. The van der Waals surface area contributed by atoms with Gasteiger partial charge in [-0.25, -0.2) is 0 Å². The van der Waals surface area contributed by atoms with E-state index < -0.39 is 0 Å². The molecule has 0 spiro atoms. The number of rotatable bonds is 4. The Bertz CT molecular complexity index is 337. The monoisotopic (exact) mass is 188 g/mol. The summed E-state index contributed by atoms with van der Waals surface area (Å²) in [5.41, 5.74) is 3.66. The molecule has 1 rings (SSSR count). The smallest absolute Gasteiger partial charge is 0.0615 e. The minimum Gasteiger partial charge on any atom is -0.392 e. The Kier molecular flexibility index (Phi) is 4.14. The van der Waals surface area contributed by atoms with Crippen molar-refractivity contribution in [2.75, 3.05) is 6.61 Å². The number of aryl methyl sites for hydroxylation is 1. The third kappa shape index (κ3) is 2.86. The molecular formula is C13H16O. The number of hydrogen-bond donors (Lipinski definition) is 1. The second-order valence-corrected chi connectivity index (χ2v) is 3.28. The standard InChI is InChI=1S/C13H16O/c1-3-5-13-10-11(2)7-8-12(13)6-4-9-14/h3-4,6-8,10,14H,1,5,9H2,2H3/b6-4+. The summed E-state index contributed by atoms with van der Waals surface area (Å²) in [7, 11) is 0. The van der Waals surface area contributed by atoms with Crippen molar-refractivity contribution in [2.45, 2.75) is 13.3 Å². The highest BCUT2D eigenvalue weighted by molar-refractivity contribution is 5.55. The molecule has 1 aromatic carbocycles. The first-order valence-electron chi connectivity index (χ1n) is 4.75. The van der Waals surface area contributed by atoms with E-state index in [9.17, 15) is 0 Å². The Morgan fingerprint density at radius 3 is 2.86 bits per heavy atom. The molecule has 0 atom stereocenters. The van der Waals surface area contributed by atoms with Crippen LogP contribution in [0.2, 0.25) is 0 Å². The Hall–Kier alpha value is -1.34. The van der Waals surface area contributed by atoms with Gasteiger partial charge in [0.25, 0.3) is 0 Å². The van der Waals surface area contributed by atoms with Crippen LogP contribution in [-0.2, 0) is 6.42 Å². The summed E-state index contributed by atoms with van der Waals surface area (Å²) in [6, 6.07) is 6.29. The fraction of sp³-hybridized carbons (Fsp3) is 0.231. The summed E-state index contributed by atoms with van der Waals surface area (Å²) < 4.78 is 0. The van der Waals surface area contributed by atoms with Gasteiger partial charge in [0.1, 0.15) is 0 Å². The summed E-state index contributed by atoms with van der Waals surface area (Å²) >= 11 is 0. The molecule has 0 aliphatic carbocycles. The van der Waals surface area contributed by atoms with Gasteiger partial charge in [-0.05, 0) is 24.5 Å². The van der Waals surface area contributed by atoms with Gasteiger partial charge in [-0.1, -0.05) is 42.0 Å². The predicted molar refractivity (Wildman–Crippen MR) is 61.2 cm³/mol. The zero-order valence-corrected chi connectivity index (χ0v) is 8.53. The molecule has 0 fully saturated rings. The highest BCUT2D eigenvalue weighted by Crippen LogP contribution is 2.14. The van der Waals surface area contributed by atoms with E-state index in [1.54, 1.807) is 6.08 Å². The zero-order chi connectivity index (χ0) is 10.4. The Balaban J connectivity index is 3.01. The predicted octanol–water partition coefficient (Wildman–Crippen LogP) is 2.73. The topological polar surface area (TPSA) is 20.2 Å². The molecule has 0 aliphatic heterocycles. The van der Waals surface area contributed by atoms with Gasteiger partial charge < -0.3 is 5.11 Å². The van der Waals surface area contributed by atoms with Crippen molar-refractivity contribution in [1.29, 1.82) is 0 Å². The van der Waals surface area contributed by atoms with Crippen LogP contribution in [0, 0.1) is 6.92 Å². The maximum Gasteiger partial charge on any atom is 0.0615 e. The Morgan fingerprint density at radius 1 is 1.43 bits per heavy atom. The van der Waals surface area contributed by atoms with Crippen LogP contribution in [-0.4, -0.2) is 11.7 Å². The first-order chi connectivity index (χ1) is 6.77. The summed E-state index contributed by atoms with van der Waals surface area (Å²) in [6.07, 6.45) is 6.45. The lowest BCUT2D eigenvalue weighted by molar-refractivity contribution is 0.343. The van der Waals surface area contributed by atoms with Crippen molar-refractivity contribution < 1.29 is 5.11 Å². The molecule has 1 aromatic rings. The SMILES string of the molecule is C=CCc1cc(C)ccc1/C=C/CO. The molecule has 0 unspecified atom stereocenters. The van der Waals surface area contributed by atoms with Crippen molar-refractivity contribution in [1.82, 2.24) is 0 Å². The Morgan fingerprint density at radius 2 is 2.21 bits per heavy atom. The van der Waals surface area contributed by atoms with Crippen LogP contribution < -0.4 is 0 Å². The van der Waals surface area contributed by atoms with Gasteiger partial charge in [0.15, 0.2) is 0 Å². The van der Waals surface area contributed by atoms with Crippen LogP contribution in [0.1, 0.15) is 16.7 Å². The summed E-state index contributed by atoms with van der Waals surface area (Å²) in [4.78, 5) is 0. The van der Waals surface area contributed by atoms with Crippen LogP contribution in [0.4, 0.5) is 0 Å². The van der Waals surface area contributed by atoms with Gasteiger partial charge in [-0.2, -0.15) is 0 Å². The molecule has 0 amide bonds. The highest BCUT2D eigenvalue weighted by atomic mass is 16.2. The number of aliphatic hydroxyl groups excluding tert-OH is 1. The van der Waals surface area contributed by atoms with E-state index in [2.05, 4.69) is 31.7 Å². The van der Waals surface area contributed by atoms with Crippen molar-refractivity contribution in [2.24, 2.45) is 0 Å². The Labute approximate surface area is 85.4 Å². The third-order valence-corrected chi connectivity index (χ3v) is 2.07. The van der Waals surface area contributed by atoms with E-state index in [-0.39, 0.29) is 6.61 Å². The van der Waals surface area contributed by atoms with E-state index in [1.165, 1.54) is 11.1 Å². The van der Waals surface area contributed by atoms with Crippen LogP contribution in [0.25, 0.3) is 6.08 Å². The lowest BCUT2D eigenvalue weighted by Gasteiger charge is -2.04. The molecule has 0 saturated carbocycles. The van der Waals surface area contributed by atoms with Crippen molar-refractivity contribution in [3.63, 3.8) is 0 Å². The number of hydrogen-bond acceptors (Lipinski definition) is 1. The van der Waals surface area contributed by atoms with E-state index in [1.807, 2.05) is 12.2 Å². The van der Waals surface area contributed by atoms with Crippen LogP contribution in [0.5, 0.6) is 0 Å². The zero-order valence-electron chi connectivity index (χ0n) is 8.53. The highest BCUT2D eigenvalue weighted by Gasteiger charge is 1.97. The lowest BCUT2D eigenvalue weighted by Crippen LogP contribution is -1.88. The molecule has 0 aromatic heterocycles. The molecule has 74 valence electrons. The molecule has 1 nitrogen and oxygen atoms in total. The molecule has 1 heteroatoms. The number of aliphatic hydroxyl groups is 1. The summed E-state index contributed by atoms with van der Waals surface area (Å²) in [6.45, 7) is 5.89. The molecular weight excluding hydrogens is 172 g/mol. The quantitative estimate of drug-likeness (QED) is 0.720. The second kappa shape index (κ2) is 5.40.